The molecule has 2 aliphatic rings. The van der Waals surface area contributed by atoms with Crippen molar-refractivity contribution in [3.63, 3.8) is 0 Å². The van der Waals surface area contributed by atoms with Crippen molar-refractivity contribution in [1.29, 1.82) is 0 Å². The molecular weight excluding hydrogens is 350 g/mol. The number of hydrogen-bond donors (Lipinski definition) is 1. The highest BCUT2D eigenvalue weighted by Crippen LogP contribution is 2.89. The molecule has 1 N–H and O–H groups in total. The van der Waals surface area contributed by atoms with E-state index in [0.717, 1.165) is 0 Å². The second kappa shape index (κ2) is 7.58. The molecule has 0 aromatic rings. The van der Waals surface area contributed by atoms with Gasteiger partial charge in [-0.05, 0) is 14.9 Å². The normalized spacial score (nSPS) is 42.0. The highest BCUT2D eigenvalue weighted by molar-refractivity contribution is 8.86. The molecule has 2 saturated heterocycles. The number of rotatable bonds is 5. The highest BCUT2D eigenvalue weighted by atomic mass is 32.9. The number of aliphatic hydroxyl groups excluding tert-OH is 1. The van der Waals surface area contributed by atoms with Crippen LogP contribution in [0, 0.1) is 0 Å². The van der Waals surface area contributed by atoms with Crippen molar-refractivity contribution in [3.05, 3.63) is 0 Å². The predicted octanol–water partition coefficient (Wildman–Crippen LogP) is 2.26. The van der Waals surface area contributed by atoms with E-state index in [-0.39, 0.29) is 25.3 Å². The van der Waals surface area contributed by atoms with Crippen LogP contribution in [0.25, 0.3) is 0 Å². The third-order valence-electron chi connectivity index (χ3n) is 2.86. The molecule has 10 atom stereocenters. The zero-order valence-corrected chi connectivity index (χ0v) is 16.1. The van der Waals surface area contributed by atoms with Crippen LogP contribution in [0.15, 0.2) is 0 Å². The van der Waals surface area contributed by atoms with Crippen molar-refractivity contribution < 1.29 is 23.8 Å². The van der Waals surface area contributed by atoms with Gasteiger partial charge in [0.2, 0.25) is 0 Å². The molecule has 11 heteroatoms. The molecular formula is C7H18O5P6. The standard InChI is InChI=1S/C7H18O5P6/c1-9-5-4(8)3-2-10-7(11-3)6(5)12-17(16-13)18(14)15/h3-8,16H,2,13-15H2,1H3/t3?,4?,5-,6+,7?,17?/m0/s1. The Morgan fingerprint density at radius 2 is 2.11 bits per heavy atom. The van der Waals surface area contributed by atoms with Gasteiger partial charge in [-0.3, -0.25) is 0 Å². The number of ether oxygens (including phenoxy) is 3. The molecule has 0 spiro atoms. The minimum atomic E-state index is -0.691. The highest BCUT2D eigenvalue weighted by Gasteiger charge is 2.52. The summed E-state index contributed by atoms with van der Waals surface area (Å²) in [4.78, 5) is 0. The summed E-state index contributed by atoms with van der Waals surface area (Å²) in [6, 6.07) is 0. The molecule has 2 aliphatic heterocycles. The molecule has 0 saturated carbocycles. The van der Waals surface area contributed by atoms with Gasteiger partial charge in [-0.25, -0.2) is 0 Å². The Hall–Kier alpha value is 2.38. The predicted molar refractivity (Wildman–Crippen MR) is 87.6 cm³/mol. The van der Waals surface area contributed by atoms with Crippen LogP contribution in [-0.2, 0) is 18.7 Å². The lowest BCUT2D eigenvalue weighted by Crippen LogP contribution is -2.55. The number of aliphatic hydroxyl groups is 1. The number of methoxy groups -OCH3 is 1. The Bertz CT molecular complexity index is 283. The van der Waals surface area contributed by atoms with Crippen LogP contribution in [-0.4, -0.2) is 49.5 Å². The van der Waals surface area contributed by atoms with Crippen molar-refractivity contribution >= 4 is 49.3 Å². The molecule has 2 fully saturated rings. The molecule has 2 rings (SSSR count). The van der Waals surface area contributed by atoms with E-state index < -0.39 is 19.9 Å². The average Bonchev–Trinajstić information content (AvgIpc) is 2.78. The van der Waals surface area contributed by atoms with Gasteiger partial charge in [-0.15, -0.1) is 26.8 Å². The third kappa shape index (κ3) is 3.58. The van der Waals surface area contributed by atoms with Gasteiger partial charge in [-0.2, -0.15) is 0 Å². The van der Waals surface area contributed by atoms with Crippen LogP contribution in [0.1, 0.15) is 0 Å². The van der Waals surface area contributed by atoms with Crippen molar-refractivity contribution in [3.8, 4) is 0 Å². The van der Waals surface area contributed by atoms with Gasteiger partial charge >= 0.3 is 0 Å². The second-order valence-corrected chi connectivity index (χ2v) is 21.4. The molecule has 0 aromatic heterocycles. The summed E-state index contributed by atoms with van der Waals surface area (Å²) in [6.07, 6.45) is -2.14. The van der Waals surface area contributed by atoms with Gasteiger partial charge in [-0.1, -0.05) is 0 Å². The van der Waals surface area contributed by atoms with Gasteiger partial charge in [0.1, 0.15) is 24.4 Å². The zero-order chi connectivity index (χ0) is 13.3. The fraction of sp³-hybridized carbons (Fsp3) is 1.00. The molecule has 18 heavy (non-hydrogen) atoms. The first kappa shape index (κ1) is 16.7. The lowest BCUT2D eigenvalue weighted by Gasteiger charge is -2.39. The van der Waals surface area contributed by atoms with Crippen LogP contribution >= 0.6 is 49.3 Å². The van der Waals surface area contributed by atoms with E-state index >= 15 is 0 Å². The molecule has 5 nitrogen and oxygen atoms in total. The van der Waals surface area contributed by atoms with Crippen molar-refractivity contribution in [2.75, 3.05) is 13.7 Å². The van der Waals surface area contributed by atoms with Crippen LogP contribution in [0.2, 0.25) is 0 Å². The fourth-order valence-corrected chi connectivity index (χ4v) is 21.5. The maximum Gasteiger partial charge on any atom is 0.187 e. The van der Waals surface area contributed by atoms with Crippen molar-refractivity contribution in [2.45, 2.75) is 30.7 Å². The van der Waals surface area contributed by atoms with Crippen molar-refractivity contribution in [2.24, 2.45) is 0 Å². The van der Waals surface area contributed by atoms with Crippen molar-refractivity contribution in [1.82, 2.24) is 0 Å². The van der Waals surface area contributed by atoms with Crippen LogP contribution < -0.4 is 0 Å². The van der Waals surface area contributed by atoms with Gasteiger partial charge in [0.05, 0.1) is 14.1 Å². The van der Waals surface area contributed by atoms with Crippen LogP contribution in [0.4, 0.5) is 0 Å². The lowest BCUT2D eigenvalue weighted by atomic mass is 10.0. The second-order valence-electron chi connectivity index (χ2n) is 3.92. The molecule has 2 heterocycles. The lowest BCUT2D eigenvalue weighted by molar-refractivity contribution is -0.225. The van der Waals surface area contributed by atoms with Crippen LogP contribution in [0.3, 0.4) is 0 Å². The topological polar surface area (TPSA) is 57.2 Å². The Morgan fingerprint density at radius 1 is 1.39 bits per heavy atom. The maximum atomic E-state index is 10.1. The van der Waals surface area contributed by atoms with E-state index in [1.54, 1.807) is 7.11 Å². The Morgan fingerprint density at radius 3 is 2.67 bits per heavy atom. The first-order chi connectivity index (χ1) is 8.58. The SMILES string of the molecule is CO[C@H]1C(O)C2COC(O2)[C@@H]1OP(PP)P(P)P. The molecule has 0 aromatic carbocycles. The van der Waals surface area contributed by atoms with Gasteiger partial charge in [0.15, 0.2) is 6.29 Å². The van der Waals surface area contributed by atoms with E-state index in [9.17, 15) is 5.11 Å². The quantitative estimate of drug-likeness (QED) is 0.755. The first-order valence-electron chi connectivity index (χ1n) is 5.29. The minimum Gasteiger partial charge on any atom is -0.387 e. The Kier molecular flexibility index (Phi) is 7.06. The number of fused-ring (bicyclic) bond motifs is 2. The molecule has 0 amide bonds. The summed E-state index contributed by atoms with van der Waals surface area (Å²) in [5, 5.41) is 10.1. The Labute approximate surface area is 118 Å². The van der Waals surface area contributed by atoms with Gasteiger partial charge < -0.3 is 23.8 Å². The molecule has 106 valence electrons. The Balaban J connectivity index is 2.08. The van der Waals surface area contributed by atoms with E-state index in [1.807, 2.05) is 0 Å². The van der Waals surface area contributed by atoms with E-state index in [0.29, 0.717) is 14.6 Å². The fourth-order valence-electron chi connectivity index (χ4n) is 2.00. The summed E-state index contributed by atoms with van der Waals surface area (Å²) in [7, 11) is 9.98. The summed E-state index contributed by atoms with van der Waals surface area (Å²) >= 11 is 0. The largest absolute Gasteiger partial charge is 0.387 e. The summed E-state index contributed by atoms with van der Waals surface area (Å²) in [6.45, 7) is 0.0874. The summed E-state index contributed by atoms with van der Waals surface area (Å²) < 4.78 is 22.6. The van der Waals surface area contributed by atoms with E-state index in [1.165, 1.54) is 0 Å². The van der Waals surface area contributed by atoms with Gasteiger partial charge in [0, 0.05) is 7.11 Å². The minimum absolute atomic E-state index is 0.294. The van der Waals surface area contributed by atoms with Gasteiger partial charge in [0.25, 0.3) is 0 Å². The van der Waals surface area contributed by atoms with E-state index in [4.69, 9.17) is 18.7 Å². The third-order valence-corrected chi connectivity index (χ3v) is 21.6. The number of hydrogen-bond acceptors (Lipinski definition) is 5. The smallest absolute Gasteiger partial charge is 0.187 e. The monoisotopic (exact) mass is 368 g/mol. The average molecular weight is 368 g/mol. The molecule has 0 radical (unpaired) electrons. The summed E-state index contributed by atoms with van der Waals surface area (Å²) in [5.41, 5.74) is 0. The van der Waals surface area contributed by atoms with Crippen LogP contribution in [0.5, 0.6) is 0 Å². The summed E-state index contributed by atoms with van der Waals surface area (Å²) in [5.74, 6) is 0. The van der Waals surface area contributed by atoms with E-state index in [2.05, 4.69) is 26.8 Å². The maximum absolute atomic E-state index is 10.1. The zero-order valence-electron chi connectivity index (χ0n) is 9.80. The molecule has 8 unspecified atom stereocenters. The first-order valence-corrected chi connectivity index (χ1v) is 15.5. The molecule has 2 bridgehead atoms. The molecule has 0 aliphatic carbocycles.